The number of carbonyl (C=O) groups is 1. The average Bonchev–Trinajstić information content (AvgIpc) is 2.96. The number of allylic oxidation sites excluding steroid dienone is 2. The summed E-state index contributed by atoms with van der Waals surface area (Å²) >= 11 is 0. The Morgan fingerprint density at radius 2 is 2.00 bits per heavy atom. The molecule has 82 valence electrons. The van der Waals surface area contributed by atoms with E-state index in [4.69, 9.17) is 5.11 Å². The van der Waals surface area contributed by atoms with E-state index in [0.717, 1.165) is 12.8 Å². The van der Waals surface area contributed by atoms with Crippen molar-refractivity contribution in [1.82, 2.24) is 0 Å². The van der Waals surface area contributed by atoms with Crippen molar-refractivity contribution in [2.24, 2.45) is 5.92 Å². The molecule has 0 atom stereocenters. The van der Waals surface area contributed by atoms with Crippen LogP contribution in [0, 0.1) is 5.92 Å². The van der Waals surface area contributed by atoms with Crippen molar-refractivity contribution in [3.8, 4) is 0 Å². The van der Waals surface area contributed by atoms with E-state index in [0.29, 0.717) is 0 Å². The average molecular weight is 198 g/mol. The summed E-state index contributed by atoms with van der Waals surface area (Å²) in [6.07, 6.45) is 11.4. The number of unbranched alkanes of at least 4 members (excludes halogenated alkanes) is 2. The summed E-state index contributed by atoms with van der Waals surface area (Å²) in [4.78, 5) is 9.76. The van der Waals surface area contributed by atoms with Crippen LogP contribution < -0.4 is 0 Å². The highest BCUT2D eigenvalue weighted by molar-refractivity contribution is 5.72. The van der Waals surface area contributed by atoms with Gasteiger partial charge < -0.3 is 5.11 Å². The summed E-state index contributed by atoms with van der Waals surface area (Å²) in [5, 5.41) is 8.05. The highest BCUT2D eigenvalue weighted by Crippen LogP contribution is 2.28. The minimum atomic E-state index is -0.630. The van der Waals surface area contributed by atoms with Gasteiger partial charge in [-0.1, -0.05) is 38.8 Å². The molecule has 0 radical (unpaired) electrons. The molecule has 0 unspecified atom stereocenters. The van der Waals surface area contributed by atoms with E-state index in [2.05, 4.69) is 26.0 Å². The SMILES string of the molecule is CCC=CCCCC.O=C(O)C1CC1. The molecule has 14 heavy (non-hydrogen) atoms. The van der Waals surface area contributed by atoms with Crippen molar-refractivity contribution >= 4 is 5.97 Å². The maximum atomic E-state index is 9.76. The molecule has 1 rings (SSSR count). The number of carboxylic acids is 1. The van der Waals surface area contributed by atoms with E-state index in [9.17, 15) is 4.79 Å². The second kappa shape index (κ2) is 8.79. The Labute approximate surface area is 87.0 Å². The molecule has 0 aliphatic heterocycles. The van der Waals surface area contributed by atoms with Crippen LogP contribution in [0.25, 0.3) is 0 Å². The monoisotopic (exact) mass is 198 g/mol. The fourth-order valence-corrected chi connectivity index (χ4v) is 0.937. The van der Waals surface area contributed by atoms with Gasteiger partial charge in [0.05, 0.1) is 5.92 Å². The van der Waals surface area contributed by atoms with Gasteiger partial charge in [0.15, 0.2) is 0 Å². The predicted molar refractivity (Wildman–Crippen MR) is 59.3 cm³/mol. The van der Waals surface area contributed by atoms with Gasteiger partial charge in [-0.25, -0.2) is 0 Å². The summed E-state index contributed by atoms with van der Waals surface area (Å²) < 4.78 is 0. The minimum Gasteiger partial charge on any atom is -0.481 e. The molecule has 1 saturated carbocycles. The van der Waals surface area contributed by atoms with E-state index >= 15 is 0 Å². The fourth-order valence-electron chi connectivity index (χ4n) is 0.937. The molecule has 0 aromatic rings. The molecule has 0 bridgehead atoms. The molecule has 0 spiro atoms. The van der Waals surface area contributed by atoms with Crippen LogP contribution in [0.1, 0.15) is 52.4 Å². The van der Waals surface area contributed by atoms with E-state index in [1.54, 1.807) is 0 Å². The van der Waals surface area contributed by atoms with Crippen LogP contribution in [0.3, 0.4) is 0 Å². The molecule has 0 aromatic carbocycles. The van der Waals surface area contributed by atoms with Crippen molar-refractivity contribution in [1.29, 1.82) is 0 Å². The summed E-state index contributed by atoms with van der Waals surface area (Å²) in [5.74, 6) is -0.611. The van der Waals surface area contributed by atoms with Crippen LogP contribution >= 0.6 is 0 Å². The van der Waals surface area contributed by atoms with E-state index in [1.807, 2.05) is 0 Å². The standard InChI is InChI=1S/C8H16.C4H6O2/c1-3-5-7-8-6-4-2;5-4(6)3-1-2-3/h5,7H,3-4,6,8H2,1-2H3;3H,1-2H2,(H,5,6). The lowest BCUT2D eigenvalue weighted by Gasteiger charge is -1.85. The maximum absolute atomic E-state index is 9.76. The Morgan fingerprint density at radius 1 is 1.36 bits per heavy atom. The van der Waals surface area contributed by atoms with Gasteiger partial charge in [-0.15, -0.1) is 0 Å². The van der Waals surface area contributed by atoms with Crippen LogP contribution in [-0.4, -0.2) is 11.1 Å². The molecule has 2 nitrogen and oxygen atoms in total. The molecule has 0 aromatic heterocycles. The molecule has 1 aliphatic carbocycles. The third kappa shape index (κ3) is 9.30. The molecule has 1 fully saturated rings. The predicted octanol–water partition coefficient (Wildman–Crippen LogP) is 3.62. The van der Waals surface area contributed by atoms with Gasteiger partial charge in [-0.3, -0.25) is 4.79 Å². The first-order chi connectivity index (χ1) is 6.72. The van der Waals surface area contributed by atoms with Crippen LogP contribution in [-0.2, 0) is 4.79 Å². The smallest absolute Gasteiger partial charge is 0.306 e. The van der Waals surface area contributed by atoms with Crippen molar-refractivity contribution < 1.29 is 9.90 Å². The van der Waals surface area contributed by atoms with Gasteiger partial charge in [-0.2, -0.15) is 0 Å². The van der Waals surface area contributed by atoms with Crippen LogP contribution in [0.5, 0.6) is 0 Å². The Morgan fingerprint density at radius 3 is 2.29 bits per heavy atom. The van der Waals surface area contributed by atoms with Gasteiger partial charge >= 0.3 is 5.97 Å². The Kier molecular flexibility index (Phi) is 8.30. The van der Waals surface area contributed by atoms with Crippen LogP contribution in [0.15, 0.2) is 12.2 Å². The van der Waals surface area contributed by atoms with E-state index < -0.39 is 5.97 Å². The largest absolute Gasteiger partial charge is 0.481 e. The summed E-state index contributed by atoms with van der Waals surface area (Å²) in [7, 11) is 0. The molecule has 0 saturated heterocycles. The van der Waals surface area contributed by atoms with Gasteiger partial charge in [0.2, 0.25) is 0 Å². The second-order valence-electron chi connectivity index (χ2n) is 3.63. The lowest BCUT2D eigenvalue weighted by Crippen LogP contribution is -1.94. The third-order valence-electron chi connectivity index (χ3n) is 2.05. The van der Waals surface area contributed by atoms with Gasteiger partial charge in [0.25, 0.3) is 0 Å². The Hall–Kier alpha value is -0.790. The first kappa shape index (κ1) is 13.2. The first-order valence-electron chi connectivity index (χ1n) is 5.60. The highest BCUT2D eigenvalue weighted by Gasteiger charge is 2.28. The molecule has 0 amide bonds. The third-order valence-corrected chi connectivity index (χ3v) is 2.05. The number of carboxylic acid groups (broad SMARTS) is 1. The fraction of sp³-hybridized carbons (Fsp3) is 0.750. The topological polar surface area (TPSA) is 37.3 Å². The lowest BCUT2D eigenvalue weighted by molar-refractivity contribution is -0.138. The van der Waals surface area contributed by atoms with E-state index in [-0.39, 0.29) is 5.92 Å². The number of rotatable bonds is 5. The Balaban J connectivity index is 0.000000249. The summed E-state index contributed by atoms with van der Waals surface area (Å²) in [6, 6.07) is 0. The quantitative estimate of drug-likeness (QED) is 0.541. The number of hydrogen-bond acceptors (Lipinski definition) is 1. The zero-order chi connectivity index (χ0) is 10.8. The second-order valence-corrected chi connectivity index (χ2v) is 3.63. The van der Waals surface area contributed by atoms with Crippen molar-refractivity contribution in [2.45, 2.75) is 52.4 Å². The van der Waals surface area contributed by atoms with Crippen LogP contribution in [0.2, 0.25) is 0 Å². The molecule has 2 heteroatoms. The molecule has 0 heterocycles. The zero-order valence-corrected chi connectivity index (χ0v) is 9.33. The van der Waals surface area contributed by atoms with Crippen LogP contribution in [0.4, 0.5) is 0 Å². The first-order valence-corrected chi connectivity index (χ1v) is 5.60. The molecule has 1 aliphatic rings. The lowest BCUT2D eigenvalue weighted by atomic mass is 10.2. The van der Waals surface area contributed by atoms with Gasteiger partial charge in [-0.05, 0) is 25.7 Å². The summed E-state index contributed by atoms with van der Waals surface area (Å²) in [5.41, 5.74) is 0. The molecular weight excluding hydrogens is 176 g/mol. The number of hydrogen-bond donors (Lipinski definition) is 1. The molecule has 1 N–H and O–H groups in total. The normalized spacial score (nSPS) is 15.0. The minimum absolute atomic E-state index is 0.0185. The van der Waals surface area contributed by atoms with Gasteiger partial charge in [0.1, 0.15) is 0 Å². The zero-order valence-electron chi connectivity index (χ0n) is 9.33. The summed E-state index contributed by atoms with van der Waals surface area (Å²) in [6.45, 7) is 4.39. The Bertz CT molecular complexity index is 169. The maximum Gasteiger partial charge on any atom is 0.306 e. The van der Waals surface area contributed by atoms with Gasteiger partial charge in [0, 0.05) is 0 Å². The number of aliphatic carboxylic acids is 1. The van der Waals surface area contributed by atoms with E-state index in [1.165, 1.54) is 25.7 Å². The van der Waals surface area contributed by atoms with Crippen molar-refractivity contribution in [3.05, 3.63) is 12.2 Å². The molecular formula is C12H22O2. The highest BCUT2D eigenvalue weighted by atomic mass is 16.4. The van der Waals surface area contributed by atoms with Crippen molar-refractivity contribution in [2.75, 3.05) is 0 Å². The van der Waals surface area contributed by atoms with Crippen molar-refractivity contribution in [3.63, 3.8) is 0 Å².